The summed E-state index contributed by atoms with van der Waals surface area (Å²) in [6.07, 6.45) is 0. The minimum absolute atomic E-state index is 0.0108. The van der Waals surface area contributed by atoms with Gasteiger partial charge in [-0.15, -0.1) is 0 Å². The Morgan fingerprint density at radius 3 is 2.00 bits per heavy atom. The summed E-state index contributed by atoms with van der Waals surface area (Å²) >= 11 is 0. The number of hydrogen-bond donors (Lipinski definition) is 3. The molecule has 2 aromatic rings. The van der Waals surface area contributed by atoms with E-state index in [2.05, 4.69) is 0 Å². The van der Waals surface area contributed by atoms with Crippen LogP contribution in [0.4, 0.5) is 11.4 Å². The fraction of sp³-hybridized carbons (Fsp3) is 0. The molecule has 0 fully saturated rings. The van der Waals surface area contributed by atoms with Crippen molar-refractivity contribution in [1.29, 1.82) is 0 Å². The normalized spacial score (nSPS) is 11.4. The number of anilines is 2. The minimum atomic E-state index is -4.32. The van der Waals surface area contributed by atoms with E-state index in [9.17, 15) is 8.42 Å². The zero-order valence-corrected chi connectivity index (χ0v) is 10.2. The van der Waals surface area contributed by atoms with Gasteiger partial charge >= 0.3 is 0 Å². The van der Waals surface area contributed by atoms with Gasteiger partial charge in [-0.25, -0.2) is 0 Å². The first kappa shape index (κ1) is 12.4. The van der Waals surface area contributed by atoms with Crippen LogP contribution in [0.25, 0.3) is 11.1 Å². The second kappa shape index (κ2) is 4.32. The zero-order valence-electron chi connectivity index (χ0n) is 9.37. The summed E-state index contributed by atoms with van der Waals surface area (Å²) in [5, 5.41) is 0. The Morgan fingerprint density at radius 2 is 1.44 bits per heavy atom. The Labute approximate surface area is 105 Å². The molecule has 0 spiro atoms. The zero-order chi connectivity index (χ0) is 13.3. The summed E-state index contributed by atoms with van der Waals surface area (Å²) < 4.78 is 31.4. The van der Waals surface area contributed by atoms with Crippen molar-refractivity contribution < 1.29 is 13.0 Å². The first-order valence-electron chi connectivity index (χ1n) is 5.11. The molecule has 0 aliphatic heterocycles. The lowest BCUT2D eigenvalue weighted by molar-refractivity contribution is 0.483. The second-order valence-corrected chi connectivity index (χ2v) is 5.24. The molecule has 5 N–H and O–H groups in total. The third kappa shape index (κ3) is 2.44. The van der Waals surface area contributed by atoms with Crippen molar-refractivity contribution in [3.8, 4) is 11.1 Å². The van der Waals surface area contributed by atoms with Crippen LogP contribution in [0, 0.1) is 0 Å². The number of nitrogen functional groups attached to an aromatic ring is 2. The molecule has 18 heavy (non-hydrogen) atoms. The lowest BCUT2D eigenvalue weighted by atomic mass is 10.1. The Hall–Kier alpha value is -2.05. The highest BCUT2D eigenvalue weighted by atomic mass is 32.2. The molecule has 0 amide bonds. The molecule has 0 atom stereocenters. The van der Waals surface area contributed by atoms with Gasteiger partial charge in [0.1, 0.15) is 4.90 Å². The van der Waals surface area contributed by atoms with Gasteiger partial charge in [0, 0.05) is 5.69 Å². The molecule has 94 valence electrons. The summed E-state index contributed by atoms with van der Waals surface area (Å²) in [7, 11) is -4.32. The van der Waals surface area contributed by atoms with Crippen molar-refractivity contribution in [2.45, 2.75) is 4.90 Å². The van der Waals surface area contributed by atoms with E-state index in [0.717, 1.165) is 5.56 Å². The van der Waals surface area contributed by atoms with Crippen molar-refractivity contribution >= 4 is 21.5 Å². The third-order valence-electron chi connectivity index (χ3n) is 2.54. The Kier molecular flexibility index (Phi) is 2.98. The Bertz CT molecular complexity index is 679. The monoisotopic (exact) mass is 264 g/mol. The van der Waals surface area contributed by atoms with Crippen LogP contribution in [0.2, 0.25) is 0 Å². The standard InChI is InChI=1S/C12H12N2O3S/c13-10-4-1-8(2-5-10)9-3-6-11(14)12(7-9)18(15,16)17/h1-7H,13-14H2,(H,15,16,17). The van der Waals surface area contributed by atoms with E-state index in [1.807, 2.05) is 0 Å². The first-order valence-corrected chi connectivity index (χ1v) is 6.55. The number of hydrogen-bond acceptors (Lipinski definition) is 4. The van der Waals surface area contributed by atoms with E-state index in [0.29, 0.717) is 11.3 Å². The maximum absolute atomic E-state index is 11.1. The molecule has 0 aromatic heterocycles. The summed E-state index contributed by atoms with van der Waals surface area (Å²) in [6, 6.07) is 11.4. The first-order chi connectivity index (χ1) is 8.38. The summed E-state index contributed by atoms with van der Waals surface area (Å²) in [4.78, 5) is -0.295. The van der Waals surface area contributed by atoms with E-state index >= 15 is 0 Å². The van der Waals surface area contributed by atoms with Gasteiger partial charge in [0.2, 0.25) is 0 Å². The smallest absolute Gasteiger partial charge is 0.296 e. The molecular weight excluding hydrogens is 252 g/mol. The number of benzene rings is 2. The molecular formula is C12H12N2O3S. The molecule has 6 heteroatoms. The van der Waals surface area contributed by atoms with E-state index in [1.165, 1.54) is 12.1 Å². The van der Waals surface area contributed by atoms with Crippen LogP contribution in [0.3, 0.4) is 0 Å². The molecule has 0 bridgehead atoms. The van der Waals surface area contributed by atoms with Gasteiger partial charge in [-0.1, -0.05) is 18.2 Å². The highest BCUT2D eigenvalue weighted by Crippen LogP contribution is 2.27. The molecule has 2 aromatic carbocycles. The predicted molar refractivity (Wildman–Crippen MR) is 70.5 cm³/mol. The van der Waals surface area contributed by atoms with E-state index in [1.54, 1.807) is 30.3 Å². The van der Waals surface area contributed by atoms with Crippen molar-refractivity contribution in [3.05, 3.63) is 42.5 Å². The van der Waals surface area contributed by atoms with Crippen LogP contribution in [-0.4, -0.2) is 13.0 Å². The average molecular weight is 264 g/mol. The average Bonchev–Trinajstić information content (AvgIpc) is 2.29. The predicted octanol–water partition coefficient (Wildman–Crippen LogP) is 1.76. The van der Waals surface area contributed by atoms with Gasteiger partial charge in [0.05, 0.1) is 5.69 Å². The van der Waals surface area contributed by atoms with Crippen molar-refractivity contribution in [3.63, 3.8) is 0 Å². The highest BCUT2D eigenvalue weighted by Gasteiger charge is 2.14. The molecule has 2 rings (SSSR count). The molecule has 0 unspecified atom stereocenters. The second-order valence-electron chi connectivity index (χ2n) is 3.85. The fourth-order valence-corrected chi connectivity index (χ4v) is 2.25. The van der Waals surface area contributed by atoms with Crippen LogP contribution in [0.1, 0.15) is 0 Å². The molecule has 0 radical (unpaired) electrons. The van der Waals surface area contributed by atoms with Crippen LogP contribution < -0.4 is 11.5 Å². The van der Waals surface area contributed by atoms with Crippen molar-refractivity contribution in [1.82, 2.24) is 0 Å². The summed E-state index contributed by atoms with van der Waals surface area (Å²) in [5.41, 5.74) is 13.1. The van der Waals surface area contributed by atoms with E-state index < -0.39 is 10.1 Å². The number of nitrogens with two attached hydrogens (primary N) is 2. The van der Waals surface area contributed by atoms with Crippen LogP contribution >= 0.6 is 0 Å². The molecule has 0 aliphatic rings. The van der Waals surface area contributed by atoms with Gasteiger partial charge in [0.15, 0.2) is 0 Å². The minimum Gasteiger partial charge on any atom is -0.399 e. The van der Waals surface area contributed by atoms with Gasteiger partial charge < -0.3 is 11.5 Å². The van der Waals surface area contributed by atoms with Crippen LogP contribution in [0.5, 0.6) is 0 Å². The van der Waals surface area contributed by atoms with E-state index in [4.69, 9.17) is 16.0 Å². The lowest BCUT2D eigenvalue weighted by Gasteiger charge is -2.07. The Morgan fingerprint density at radius 1 is 0.889 bits per heavy atom. The summed E-state index contributed by atoms with van der Waals surface area (Å²) in [5.74, 6) is 0. The SMILES string of the molecule is Nc1ccc(-c2ccc(N)c(S(=O)(=O)O)c2)cc1. The quantitative estimate of drug-likeness (QED) is 0.566. The van der Waals surface area contributed by atoms with E-state index in [-0.39, 0.29) is 10.6 Å². The lowest BCUT2D eigenvalue weighted by Crippen LogP contribution is -2.03. The van der Waals surface area contributed by atoms with Gasteiger partial charge in [0.25, 0.3) is 10.1 Å². The maximum Gasteiger partial charge on any atom is 0.296 e. The largest absolute Gasteiger partial charge is 0.399 e. The molecule has 0 saturated carbocycles. The molecule has 0 aliphatic carbocycles. The molecule has 5 nitrogen and oxygen atoms in total. The summed E-state index contributed by atoms with van der Waals surface area (Å²) in [6.45, 7) is 0. The number of rotatable bonds is 2. The van der Waals surface area contributed by atoms with Crippen molar-refractivity contribution in [2.75, 3.05) is 11.5 Å². The van der Waals surface area contributed by atoms with Gasteiger partial charge in [-0.2, -0.15) is 8.42 Å². The molecule has 0 saturated heterocycles. The fourth-order valence-electron chi connectivity index (χ4n) is 1.61. The topological polar surface area (TPSA) is 106 Å². The molecule has 0 heterocycles. The van der Waals surface area contributed by atoms with Crippen LogP contribution in [0.15, 0.2) is 47.4 Å². The highest BCUT2D eigenvalue weighted by molar-refractivity contribution is 7.86. The van der Waals surface area contributed by atoms with Crippen LogP contribution in [-0.2, 0) is 10.1 Å². The Balaban J connectivity index is 2.57. The van der Waals surface area contributed by atoms with Gasteiger partial charge in [-0.3, -0.25) is 4.55 Å². The maximum atomic E-state index is 11.1. The van der Waals surface area contributed by atoms with Gasteiger partial charge in [-0.05, 0) is 35.4 Å². The van der Waals surface area contributed by atoms with Crippen molar-refractivity contribution in [2.24, 2.45) is 0 Å². The third-order valence-corrected chi connectivity index (χ3v) is 3.44.